The van der Waals surface area contributed by atoms with Gasteiger partial charge in [-0.2, -0.15) is 0 Å². The van der Waals surface area contributed by atoms with Crippen molar-refractivity contribution in [3.05, 3.63) is 0 Å². The van der Waals surface area contributed by atoms with E-state index in [0.717, 1.165) is 44.9 Å². The van der Waals surface area contributed by atoms with Crippen LogP contribution in [0.4, 0.5) is 0 Å². The monoisotopic (exact) mass is 374 g/mol. The van der Waals surface area contributed by atoms with Crippen molar-refractivity contribution in [3.8, 4) is 0 Å². The molecule has 2 atom stereocenters. The predicted octanol–water partition coefficient (Wildman–Crippen LogP) is 5.50. The fraction of sp³-hybridized carbons (Fsp3) is 1.00. The molecule has 0 heterocycles. The van der Waals surface area contributed by atoms with Crippen LogP contribution in [0, 0.1) is 0 Å². The van der Waals surface area contributed by atoms with Gasteiger partial charge in [-0.25, -0.2) is 0 Å². The van der Waals surface area contributed by atoms with Gasteiger partial charge in [0.05, 0.1) is 29.0 Å². The van der Waals surface area contributed by atoms with Crippen molar-refractivity contribution in [2.75, 3.05) is 20.8 Å². The Labute approximate surface area is 163 Å². The molecule has 0 saturated heterocycles. The lowest BCUT2D eigenvalue weighted by Crippen LogP contribution is -2.40. The summed E-state index contributed by atoms with van der Waals surface area (Å²) < 4.78 is 17.3. The molecule has 4 heteroatoms. The van der Waals surface area contributed by atoms with Crippen molar-refractivity contribution in [2.24, 2.45) is 0 Å². The lowest BCUT2D eigenvalue weighted by Gasteiger charge is -2.36. The maximum absolute atomic E-state index is 11.0. The third kappa shape index (κ3) is 10.2. The number of hydrogen-bond donors (Lipinski definition) is 1. The van der Waals surface area contributed by atoms with Crippen molar-refractivity contribution in [1.82, 2.24) is 0 Å². The van der Waals surface area contributed by atoms with Crippen LogP contribution in [0.1, 0.15) is 99.8 Å². The van der Waals surface area contributed by atoms with Gasteiger partial charge in [0.25, 0.3) is 0 Å². The Morgan fingerprint density at radius 2 is 1.15 bits per heavy atom. The molecule has 0 aliphatic rings. The summed E-state index contributed by atoms with van der Waals surface area (Å²) in [6.07, 6.45) is 7.29. The number of rotatable bonds is 15. The third-order valence-electron chi connectivity index (χ3n) is 6.11. The minimum atomic E-state index is -0.758. The summed E-state index contributed by atoms with van der Waals surface area (Å²) in [7, 11) is 3.51. The zero-order valence-corrected chi connectivity index (χ0v) is 19.0. The fourth-order valence-electron chi connectivity index (χ4n) is 2.95. The highest BCUT2D eigenvalue weighted by molar-refractivity contribution is 4.82. The molecule has 0 spiro atoms. The van der Waals surface area contributed by atoms with Crippen LogP contribution in [0.15, 0.2) is 0 Å². The average Bonchev–Trinajstić information content (AvgIpc) is 2.59. The maximum atomic E-state index is 11.0. The first-order valence-corrected chi connectivity index (χ1v) is 10.3. The van der Waals surface area contributed by atoms with Crippen LogP contribution in [0.25, 0.3) is 0 Å². The zero-order valence-electron chi connectivity index (χ0n) is 19.0. The first kappa shape index (κ1) is 25.8. The highest BCUT2D eigenvalue weighted by Gasteiger charge is 2.31. The number of hydrogen-bond acceptors (Lipinski definition) is 4. The van der Waals surface area contributed by atoms with Gasteiger partial charge in [-0.3, -0.25) is 0 Å². The van der Waals surface area contributed by atoms with E-state index in [2.05, 4.69) is 41.5 Å². The zero-order chi connectivity index (χ0) is 20.5. The summed E-state index contributed by atoms with van der Waals surface area (Å²) in [5.74, 6) is 0. The van der Waals surface area contributed by atoms with Gasteiger partial charge in [-0.05, 0) is 86.0 Å². The van der Waals surface area contributed by atoms with E-state index in [9.17, 15) is 5.11 Å². The third-order valence-corrected chi connectivity index (χ3v) is 6.11. The van der Waals surface area contributed by atoms with Gasteiger partial charge >= 0.3 is 0 Å². The first-order valence-electron chi connectivity index (χ1n) is 10.3. The van der Waals surface area contributed by atoms with E-state index in [-0.39, 0.29) is 16.8 Å². The van der Waals surface area contributed by atoms with Crippen molar-refractivity contribution in [1.29, 1.82) is 0 Å². The second-order valence-corrected chi connectivity index (χ2v) is 9.30. The van der Waals surface area contributed by atoms with Gasteiger partial charge in [0.15, 0.2) is 0 Å². The second kappa shape index (κ2) is 11.0. The molecule has 1 N–H and O–H groups in total. The standard InChI is InChI=1S/C22H46O4/c1-10-21(7,16-12-14-19(3,4)24-8)26-18-22(23,11-2)17-13-15-20(5,6)25-9/h23H,10-18H2,1-9H3. The Kier molecular flexibility index (Phi) is 10.9. The highest BCUT2D eigenvalue weighted by Crippen LogP contribution is 2.30. The van der Waals surface area contributed by atoms with Crippen LogP contribution in [0.2, 0.25) is 0 Å². The van der Waals surface area contributed by atoms with Gasteiger partial charge in [0.2, 0.25) is 0 Å². The number of methoxy groups -OCH3 is 2. The highest BCUT2D eigenvalue weighted by atomic mass is 16.5. The summed E-state index contributed by atoms with van der Waals surface area (Å²) in [6.45, 7) is 15.2. The Morgan fingerprint density at radius 1 is 0.692 bits per heavy atom. The van der Waals surface area contributed by atoms with E-state index in [0.29, 0.717) is 13.0 Å². The van der Waals surface area contributed by atoms with Crippen LogP contribution in [-0.2, 0) is 14.2 Å². The lowest BCUT2D eigenvalue weighted by molar-refractivity contribution is -0.125. The molecule has 2 unspecified atom stereocenters. The molecule has 0 aromatic carbocycles. The van der Waals surface area contributed by atoms with E-state index in [4.69, 9.17) is 14.2 Å². The quantitative estimate of drug-likeness (QED) is 0.411. The van der Waals surface area contributed by atoms with Crippen LogP contribution in [-0.4, -0.2) is 48.3 Å². The Hall–Kier alpha value is -0.160. The topological polar surface area (TPSA) is 47.9 Å². The van der Waals surface area contributed by atoms with Crippen molar-refractivity contribution < 1.29 is 19.3 Å². The molecule has 0 amide bonds. The molecule has 0 aliphatic heterocycles. The molecule has 0 radical (unpaired) electrons. The van der Waals surface area contributed by atoms with E-state index in [1.165, 1.54) is 0 Å². The molecule has 4 nitrogen and oxygen atoms in total. The molecular formula is C22H46O4. The second-order valence-electron chi connectivity index (χ2n) is 9.30. The Morgan fingerprint density at radius 3 is 1.54 bits per heavy atom. The molecule has 0 aliphatic carbocycles. The number of aliphatic hydroxyl groups is 1. The maximum Gasteiger partial charge on any atom is 0.0877 e. The summed E-state index contributed by atoms with van der Waals surface area (Å²) in [5, 5.41) is 11.0. The average molecular weight is 375 g/mol. The minimum Gasteiger partial charge on any atom is -0.387 e. The summed E-state index contributed by atoms with van der Waals surface area (Å²) in [4.78, 5) is 0. The van der Waals surface area contributed by atoms with Gasteiger partial charge in [-0.15, -0.1) is 0 Å². The summed E-state index contributed by atoms with van der Waals surface area (Å²) >= 11 is 0. The molecule has 0 rings (SSSR count). The smallest absolute Gasteiger partial charge is 0.0877 e. The normalized spacial score (nSPS) is 17.8. The lowest BCUT2D eigenvalue weighted by atomic mass is 9.89. The van der Waals surface area contributed by atoms with Crippen LogP contribution < -0.4 is 0 Å². The van der Waals surface area contributed by atoms with E-state index in [1.807, 2.05) is 6.92 Å². The van der Waals surface area contributed by atoms with E-state index in [1.54, 1.807) is 14.2 Å². The molecule has 158 valence electrons. The van der Waals surface area contributed by atoms with Crippen molar-refractivity contribution >= 4 is 0 Å². The molecule has 0 saturated carbocycles. The summed E-state index contributed by atoms with van der Waals surface area (Å²) in [5.41, 5.74) is -1.18. The largest absolute Gasteiger partial charge is 0.387 e. The van der Waals surface area contributed by atoms with Crippen molar-refractivity contribution in [2.45, 2.75) is 122 Å². The molecule has 0 bridgehead atoms. The number of ether oxygens (including phenoxy) is 3. The summed E-state index contributed by atoms with van der Waals surface area (Å²) in [6, 6.07) is 0. The molecular weight excluding hydrogens is 328 g/mol. The van der Waals surface area contributed by atoms with Crippen LogP contribution >= 0.6 is 0 Å². The SMILES string of the molecule is CCC(O)(CCCC(C)(C)OC)COC(C)(CC)CCCC(C)(C)OC. The predicted molar refractivity (Wildman–Crippen MR) is 110 cm³/mol. The van der Waals surface area contributed by atoms with Gasteiger partial charge in [-0.1, -0.05) is 13.8 Å². The Bertz CT molecular complexity index is 344. The molecule has 0 aromatic rings. The van der Waals surface area contributed by atoms with Gasteiger partial charge < -0.3 is 19.3 Å². The first-order chi connectivity index (χ1) is 11.9. The minimum absolute atomic E-state index is 0.0903. The van der Waals surface area contributed by atoms with E-state index >= 15 is 0 Å². The van der Waals surface area contributed by atoms with Gasteiger partial charge in [0, 0.05) is 14.2 Å². The molecule has 0 aromatic heterocycles. The van der Waals surface area contributed by atoms with Crippen LogP contribution in [0.5, 0.6) is 0 Å². The molecule has 26 heavy (non-hydrogen) atoms. The van der Waals surface area contributed by atoms with E-state index < -0.39 is 5.60 Å². The van der Waals surface area contributed by atoms with Crippen LogP contribution in [0.3, 0.4) is 0 Å². The van der Waals surface area contributed by atoms with Gasteiger partial charge in [0.1, 0.15) is 0 Å². The molecule has 0 fully saturated rings. The Balaban J connectivity index is 4.54. The van der Waals surface area contributed by atoms with Crippen molar-refractivity contribution in [3.63, 3.8) is 0 Å². The fourth-order valence-corrected chi connectivity index (χ4v) is 2.95.